The van der Waals surface area contributed by atoms with E-state index in [4.69, 9.17) is 18.6 Å². The van der Waals surface area contributed by atoms with Gasteiger partial charge in [-0.05, 0) is 34.8 Å². The molecule has 3 aromatic carbocycles. The molecule has 4 rings (SSSR count). The molecule has 0 saturated carbocycles. The van der Waals surface area contributed by atoms with Crippen molar-refractivity contribution in [2.24, 2.45) is 0 Å². The minimum Gasteiger partial charge on any atom is -0.490 e. The first-order valence-corrected chi connectivity index (χ1v) is 16.9. The molecule has 5 nitrogen and oxygen atoms in total. The molecule has 0 aromatic heterocycles. The van der Waals surface area contributed by atoms with Crippen LogP contribution in [-0.4, -0.2) is 32.4 Å². The summed E-state index contributed by atoms with van der Waals surface area (Å²) < 4.78 is 26.5. The van der Waals surface area contributed by atoms with Crippen LogP contribution in [0.2, 0.25) is 18.1 Å². The van der Waals surface area contributed by atoms with E-state index in [2.05, 4.69) is 33.9 Å². The number of rotatable bonds is 11. The number of carbonyl (C=O) groups excluding carboxylic acids is 1. The Balaban J connectivity index is 1.68. The van der Waals surface area contributed by atoms with E-state index in [1.807, 2.05) is 91.0 Å². The van der Waals surface area contributed by atoms with Crippen LogP contribution in [0.25, 0.3) is 0 Å². The molecule has 0 heterocycles. The topological polar surface area (TPSA) is 54.0 Å². The van der Waals surface area contributed by atoms with Crippen molar-refractivity contribution in [2.45, 2.75) is 83.5 Å². The van der Waals surface area contributed by atoms with Crippen LogP contribution in [0.3, 0.4) is 0 Å². The normalized spacial score (nSPS) is 20.1. The summed E-state index contributed by atoms with van der Waals surface area (Å²) in [7, 11) is -2.26. The van der Waals surface area contributed by atoms with Crippen molar-refractivity contribution in [3.05, 3.63) is 120 Å². The molecule has 0 radical (unpaired) electrons. The summed E-state index contributed by atoms with van der Waals surface area (Å²) in [5.74, 6) is 0.426. The lowest BCUT2D eigenvalue weighted by molar-refractivity contribution is -0.133. The highest BCUT2D eigenvalue weighted by atomic mass is 28.4. The van der Waals surface area contributed by atoms with Gasteiger partial charge in [-0.25, -0.2) is 0 Å². The second-order valence-corrected chi connectivity index (χ2v) is 16.6. The lowest BCUT2D eigenvalue weighted by Crippen LogP contribution is -2.51. The molecule has 0 N–H and O–H groups in total. The van der Waals surface area contributed by atoms with Gasteiger partial charge in [-0.2, -0.15) is 0 Å². The highest BCUT2D eigenvalue weighted by Gasteiger charge is 2.46. The first-order chi connectivity index (χ1) is 19.1. The molecule has 1 aliphatic carbocycles. The molecular formula is C34H42O5Si. The van der Waals surface area contributed by atoms with Gasteiger partial charge in [0.15, 0.2) is 14.1 Å². The number of ketones is 1. The Morgan fingerprint density at radius 3 is 1.70 bits per heavy atom. The van der Waals surface area contributed by atoms with Crippen molar-refractivity contribution >= 4 is 14.1 Å². The highest BCUT2D eigenvalue weighted by Crippen LogP contribution is 2.40. The number of benzene rings is 3. The third-order valence-electron chi connectivity index (χ3n) is 7.71. The van der Waals surface area contributed by atoms with Crippen LogP contribution in [0, 0.1) is 0 Å². The van der Waals surface area contributed by atoms with E-state index in [1.54, 1.807) is 6.08 Å². The number of hydrogen-bond acceptors (Lipinski definition) is 5. The number of ether oxygens (including phenoxy) is 3. The summed E-state index contributed by atoms with van der Waals surface area (Å²) in [6, 6.07) is 30.0. The Hall–Kier alpha value is -3.03. The fourth-order valence-corrected chi connectivity index (χ4v) is 5.73. The summed E-state index contributed by atoms with van der Waals surface area (Å²) in [4.78, 5) is 13.4. The monoisotopic (exact) mass is 558 g/mol. The number of hydrogen-bond donors (Lipinski definition) is 0. The number of allylic oxidation sites excluding steroid dienone is 1. The predicted molar refractivity (Wildman–Crippen MR) is 161 cm³/mol. The van der Waals surface area contributed by atoms with Crippen molar-refractivity contribution in [3.8, 4) is 0 Å². The second-order valence-electron chi connectivity index (χ2n) is 11.9. The van der Waals surface area contributed by atoms with Crippen LogP contribution in [0.15, 0.2) is 103 Å². The van der Waals surface area contributed by atoms with Crippen molar-refractivity contribution in [1.82, 2.24) is 0 Å². The Bertz CT molecular complexity index is 1240. The Labute approximate surface area is 240 Å². The smallest absolute Gasteiger partial charge is 0.192 e. The standard InChI is InChI=1S/C34H42O5Si/c1-34(2,3)40(4,5)39-31-22-29(35)21-30(36-23-26-15-9-6-10-16-26)32(37-24-27-17-11-7-12-18-27)33(31)38-25-28-19-13-8-14-20-28/h6-21,31-33H,22-25H2,1-5H3/t31-,32-,33-/m0/s1. The molecule has 0 aliphatic heterocycles. The van der Waals surface area contributed by atoms with E-state index >= 15 is 0 Å². The van der Waals surface area contributed by atoms with Crippen LogP contribution in [0.1, 0.15) is 43.9 Å². The highest BCUT2D eigenvalue weighted by molar-refractivity contribution is 6.74. The fourth-order valence-electron chi connectivity index (χ4n) is 4.40. The van der Waals surface area contributed by atoms with Gasteiger partial charge in [-0.15, -0.1) is 0 Å². The lowest BCUT2D eigenvalue weighted by atomic mass is 10.1. The van der Waals surface area contributed by atoms with Crippen molar-refractivity contribution in [2.75, 3.05) is 0 Å². The van der Waals surface area contributed by atoms with Gasteiger partial charge in [-0.3, -0.25) is 4.79 Å². The first-order valence-electron chi connectivity index (χ1n) is 14.0. The maximum Gasteiger partial charge on any atom is 0.192 e. The van der Waals surface area contributed by atoms with E-state index in [0.29, 0.717) is 25.6 Å². The average Bonchev–Trinajstić information content (AvgIpc) is 3.05. The Morgan fingerprint density at radius 1 is 0.725 bits per heavy atom. The minimum absolute atomic E-state index is 0.0349. The second kappa shape index (κ2) is 13.6. The Morgan fingerprint density at radius 2 is 1.20 bits per heavy atom. The van der Waals surface area contributed by atoms with Gasteiger partial charge < -0.3 is 18.6 Å². The van der Waals surface area contributed by atoms with E-state index in [-0.39, 0.29) is 17.2 Å². The van der Waals surface area contributed by atoms with E-state index < -0.39 is 26.6 Å². The molecule has 6 heteroatoms. The summed E-state index contributed by atoms with van der Waals surface area (Å²) >= 11 is 0. The van der Waals surface area contributed by atoms with Crippen LogP contribution in [0.4, 0.5) is 0 Å². The molecular weight excluding hydrogens is 516 g/mol. The van der Waals surface area contributed by atoms with Crippen molar-refractivity contribution < 1.29 is 23.4 Å². The molecule has 1 aliphatic rings. The molecule has 3 atom stereocenters. The molecule has 0 saturated heterocycles. The molecule has 0 bridgehead atoms. The molecule has 0 amide bonds. The Kier molecular flexibility index (Phi) is 10.1. The largest absolute Gasteiger partial charge is 0.490 e. The van der Waals surface area contributed by atoms with Gasteiger partial charge in [0.25, 0.3) is 0 Å². The van der Waals surface area contributed by atoms with Gasteiger partial charge in [0, 0.05) is 12.5 Å². The van der Waals surface area contributed by atoms with Crippen molar-refractivity contribution in [3.63, 3.8) is 0 Å². The van der Waals surface area contributed by atoms with Gasteiger partial charge in [0.05, 0.1) is 19.3 Å². The molecule has 0 fully saturated rings. The zero-order valence-corrected chi connectivity index (χ0v) is 25.3. The average molecular weight is 559 g/mol. The maximum absolute atomic E-state index is 13.4. The summed E-state index contributed by atoms with van der Waals surface area (Å²) in [6.45, 7) is 12.1. The lowest BCUT2D eigenvalue weighted by Gasteiger charge is -2.42. The zero-order chi connectivity index (χ0) is 28.6. The van der Waals surface area contributed by atoms with Gasteiger partial charge in [0.2, 0.25) is 0 Å². The number of carbonyl (C=O) groups is 1. The van der Waals surface area contributed by atoms with Crippen LogP contribution >= 0.6 is 0 Å². The van der Waals surface area contributed by atoms with Gasteiger partial charge >= 0.3 is 0 Å². The molecule has 212 valence electrons. The van der Waals surface area contributed by atoms with Crippen LogP contribution in [-0.2, 0) is 43.3 Å². The van der Waals surface area contributed by atoms with Crippen LogP contribution < -0.4 is 0 Å². The summed E-state index contributed by atoms with van der Waals surface area (Å²) in [5, 5.41) is -0.0349. The minimum atomic E-state index is -2.26. The van der Waals surface area contributed by atoms with Gasteiger partial charge in [-0.1, -0.05) is 112 Å². The third kappa shape index (κ3) is 8.24. The fraction of sp³-hybridized carbons (Fsp3) is 0.382. The summed E-state index contributed by atoms with van der Waals surface area (Å²) in [6.07, 6.45) is 0.134. The van der Waals surface area contributed by atoms with E-state index in [1.165, 1.54) is 0 Å². The zero-order valence-electron chi connectivity index (χ0n) is 24.3. The molecule has 0 spiro atoms. The van der Waals surface area contributed by atoms with Crippen molar-refractivity contribution in [1.29, 1.82) is 0 Å². The SMILES string of the molecule is CC(C)(C)[Si](C)(C)O[C@H]1CC(=O)C=C(OCc2ccccc2)[C@H](OCc2ccccc2)[C@H]1OCc1ccccc1. The molecule has 40 heavy (non-hydrogen) atoms. The first kappa shape index (κ1) is 29.9. The quantitative estimate of drug-likeness (QED) is 0.227. The van der Waals surface area contributed by atoms with Gasteiger partial charge in [0.1, 0.15) is 24.6 Å². The van der Waals surface area contributed by atoms with E-state index in [0.717, 1.165) is 16.7 Å². The maximum atomic E-state index is 13.4. The summed E-state index contributed by atoms with van der Waals surface area (Å²) in [5.41, 5.74) is 3.09. The molecule has 3 aromatic rings. The van der Waals surface area contributed by atoms with Crippen LogP contribution in [0.5, 0.6) is 0 Å². The van der Waals surface area contributed by atoms with E-state index in [9.17, 15) is 4.79 Å². The molecule has 0 unspecified atom stereocenters. The predicted octanol–water partition coefficient (Wildman–Crippen LogP) is 7.62. The third-order valence-corrected chi connectivity index (χ3v) is 12.2.